The maximum atomic E-state index is 12.4. The van der Waals surface area contributed by atoms with Crippen molar-refractivity contribution in [3.63, 3.8) is 0 Å². The topological polar surface area (TPSA) is 46.6 Å². The van der Waals surface area contributed by atoms with Gasteiger partial charge in [0.15, 0.2) is 0 Å². The van der Waals surface area contributed by atoms with Gasteiger partial charge in [-0.05, 0) is 37.5 Å². The molecule has 0 unspecified atom stereocenters. The number of hydrogen-bond donors (Lipinski definition) is 0. The Bertz CT molecular complexity index is 510. The number of rotatable bonds is 4. The minimum Gasteiger partial charge on any atom is -0.466 e. The van der Waals surface area contributed by atoms with Crippen LogP contribution in [0.1, 0.15) is 35.7 Å². The number of benzene rings is 1. The van der Waals surface area contributed by atoms with Gasteiger partial charge in [-0.25, -0.2) is 0 Å². The van der Waals surface area contributed by atoms with E-state index in [2.05, 4.69) is 0 Å². The molecule has 1 heterocycles. The Kier molecular flexibility index (Phi) is 5.62. The Morgan fingerprint density at radius 3 is 2.67 bits per heavy atom. The molecule has 21 heavy (non-hydrogen) atoms. The van der Waals surface area contributed by atoms with Gasteiger partial charge in [-0.2, -0.15) is 0 Å². The van der Waals surface area contributed by atoms with Crippen LogP contribution in [0.2, 0.25) is 0 Å². The monoisotopic (exact) mass is 309 g/mol. The smallest absolute Gasteiger partial charge is 0.309 e. The molecule has 0 bridgehead atoms. The van der Waals surface area contributed by atoms with E-state index in [1.165, 1.54) is 0 Å². The van der Waals surface area contributed by atoms with Gasteiger partial charge in [-0.15, -0.1) is 11.6 Å². The van der Waals surface area contributed by atoms with Gasteiger partial charge >= 0.3 is 5.97 Å². The van der Waals surface area contributed by atoms with Crippen LogP contribution in [0, 0.1) is 5.92 Å². The highest BCUT2D eigenvalue weighted by Gasteiger charge is 2.28. The normalized spacial score (nSPS) is 15.8. The number of alkyl halides is 1. The lowest BCUT2D eigenvalue weighted by molar-refractivity contribution is -0.149. The maximum absolute atomic E-state index is 12.4. The molecule has 0 saturated carbocycles. The van der Waals surface area contributed by atoms with Crippen LogP contribution >= 0.6 is 11.6 Å². The van der Waals surface area contributed by atoms with E-state index < -0.39 is 0 Å². The number of amides is 1. The van der Waals surface area contributed by atoms with E-state index in [9.17, 15) is 9.59 Å². The van der Waals surface area contributed by atoms with Gasteiger partial charge in [0.25, 0.3) is 5.91 Å². The molecule has 1 amide bonds. The van der Waals surface area contributed by atoms with E-state index >= 15 is 0 Å². The van der Waals surface area contributed by atoms with Crippen molar-refractivity contribution in [2.24, 2.45) is 5.92 Å². The molecule has 0 N–H and O–H groups in total. The van der Waals surface area contributed by atoms with Crippen molar-refractivity contribution in [3.8, 4) is 0 Å². The predicted octanol–water partition coefficient (Wildman–Crippen LogP) is 2.84. The molecule has 1 fully saturated rings. The van der Waals surface area contributed by atoms with E-state index in [-0.39, 0.29) is 17.8 Å². The minimum atomic E-state index is -0.145. The van der Waals surface area contributed by atoms with Crippen LogP contribution in [-0.2, 0) is 15.4 Å². The largest absolute Gasteiger partial charge is 0.466 e. The van der Waals surface area contributed by atoms with Crippen LogP contribution in [0.25, 0.3) is 0 Å². The summed E-state index contributed by atoms with van der Waals surface area (Å²) in [5, 5.41) is 0. The number of ether oxygens (including phenoxy) is 1. The van der Waals surface area contributed by atoms with Gasteiger partial charge in [0.05, 0.1) is 12.5 Å². The van der Waals surface area contributed by atoms with Crippen molar-refractivity contribution < 1.29 is 14.3 Å². The Balaban J connectivity index is 1.95. The number of nitrogens with zero attached hydrogens (tertiary/aromatic N) is 1. The summed E-state index contributed by atoms with van der Waals surface area (Å²) in [7, 11) is 0. The number of carbonyl (C=O) groups excluding carboxylic acids is 2. The summed E-state index contributed by atoms with van der Waals surface area (Å²) in [6.07, 6.45) is 1.33. The average molecular weight is 310 g/mol. The predicted molar refractivity (Wildman–Crippen MR) is 81.3 cm³/mol. The second kappa shape index (κ2) is 7.46. The summed E-state index contributed by atoms with van der Waals surface area (Å²) in [4.78, 5) is 25.9. The molecular formula is C16H20ClNO3. The lowest BCUT2D eigenvalue weighted by atomic mass is 9.96. The fourth-order valence-corrected chi connectivity index (χ4v) is 2.71. The molecule has 0 aliphatic carbocycles. The summed E-state index contributed by atoms with van der Waals surface area (Å²) in [5.41, 5.74) is 1.59. The summed E-state index contributed by atoms with van der Waals surface area (Å²) < 4.78 is 5.03. The van der Waals surface area contributed by atoms with E-state index in [0.29, 0.717) is 44.0 Å². The lowest BCUT2D eigenvalue weighted by Gasteiger charge is -2.31. The number of likely N-dealkylation sites (tertiary alicyclic amines) is 1. The Labute approximate surface area is 130 Å². The first-order valence-electron chi connectivity index (χ1n) is 7.26. The molecule has 2 rings (SSSR count). The third-order valence-corrected chi connectivity index (χ3v) is 4.04. The van der Waals surface area contributed by atoms with E-state index in [1.54, 1.807) is 17.9 Å². The third-order valence-electron chi connectivity index (χ3n) is 3.73. The Morgan fingerprint density at radius 1 is 1.33 bits per heavy atom. The van der Waals surface area contributed by atoms with Crippen LogP contribution in [0.4, 0.5) is 0 Å². The molecule has 0 atom stereocenters. The highest BCUT2D eigenvalue weighted by molar-refractivity contribution is 6.17. The first-order valence-corrected chi connectivity index (χ1v) is 7.80. The molecular weight excluding hydrogens is 290 g/mol. The average Bonchev–Trinajstić information content (AvgIpc) is 2.54. The number of carbonyl (C=O) groups is 2. The van der Waals surface area contributed by atoms with Crippen molar-refractivity contribution in [2.75, 3.05) is 19.7 Å². The maximum Gasteiger partial charge on any atom is 0.309 e. The molecule has 1 aliphatic rings. The zero-order valence-electron chi connectivity index (χ0n) is 12.2. The molecule has 1 aromatic carbocycles. The zero-order valence-corrected chi connectivity index (χ0v) is 12.9. The van der Waals surface area contributed by atoms with Crippen molar-refractivity contribution >= 4 is 23.5 Å². The fourth-order valence-electron chi connectivity index (χ4n) is 2.55. The first-order chi connectivity index (χ1) is 10.2. The molecule has 5 heteroatoms. The lowest BCUT2D eigenvalue weighted by Crippen LogP contribution is -2.40. The van der Waals surface area contributed by atoms with Gasteiger partial charge in [-0.3, -0.25) is 9.59 Å². The summed E-state index contributed by atoms with van der Waals surface area (Å²) >= 11 is 5.80. The van der Waals surface area contributed by atoms with Crippen LogP contribution in [0.5, 0.6) is 0 Å². The highest BCUT2D eigenvalue weighted by atomic mass is 35.5. The molecule has 0 aromatic heterocycles. The van der Waals surface area contributed by atoms with Crippen molar-refractivity contribution in [1.82, 2.24) is 4.90 Å². The molecule has 114 valence electrons. The van der Waals surface area contributed by atoms with E-state index in [1.807, 2.05) is 18.2 Å². The molecule has 0 radical (unpaired) electrons. The van der Waals surface area contributed by atoms with Gasteiger partial charge in [0.2, 0.25) is 0 Å². The minimum absolute atomic E-state index is 0.00396. The van der Waals surface area contributed by atoms with E-state index in [0.717, 1.165) is 5.56 Å². The van der Waals surface area contributed by atoms with Crippen LogP contribution in [0.3, 0.4) is 0 Å². The number of piperidine rings is 1. The Hall–Kier alpha value is -1.55. The van der Waals surface area contributed by atoms with Gasteiger partial charge in [0, 0.05) is 24.5 Å². The number of halogens is 1. The molecule has 0 spiro atoms. The third kappa shape index (κ3) is 3.97. The quantitative estimate of drug-likeness (QED) is 0.634. The highest BCUT2D eigenvalue weighted by Crippen LogP contribution is 2.21. The van der Waals surface area contributed by atoms with Crippen molar-refractivity contribution in [2.45, 2.75) is 25.6 Å². The van der Waals surface area contributed by atoms with Crippen LogP contribution in [0.15, 0.2) is 24.3 Å². The summed E-state index contributed by atoms with van der Waals surface area (Å²) in [5.74, 6) is 0.174. The number of esters is 1. The standard InChI is InChI=1S/C16H20ClNO3/c1-2-21-16(20)13-6-8-18(9-7-13)15(19)14-5-3-4-12(10-14)11-17/h3-5,10,13H,2,6-9,11H2,1H3. The zero-order chi connectivity index (χ0) is 15.2. The van der Waals surface area contributed by atoms with Gasteiger partial charge in [0.1, 0.15) is 0 Å². The molecule has 1 aromatic rings. The summed E-state index contributed by atoms with van der Waals surface area (Å²) in [6, 6.07) is 7.37. The summed E-state index contributed by atoms with van der Waals surface area (Å²) in [6.45, 7) is 3.39. The van der Waals surface area contributed by atoms with Gasteiger partial charge in [-0.1, -0.05) is 12.1 Å². The van der Waals surface area contributed by atoms with Crippen LogP contribution < -0.4 is 0 Å². The first kappa shape index (κ1) is 15.8. The van der Waals surface area contributed by atoms with Gasteiger partial charge < -0.3 is 9.64 Å². The van der Waals surface area contributed by atoms with Crippen molar-refractivity contribution in [1.29, 1.82) is 0 Å². The fraction of sp³-hybridized carbons (Fsp3) is 0.500. The molecule has 1 saturated heterocycles. The Morgan fingerprint density at radius 2 is 2.05 bits per heavy atom. The molecule has 4 nitrogen and oxygen atoms in total. The molecule has 1 aliphatic heterocycles. The second-order valence-electron chi connectivity index (χ2n) is 5.15. The number of hydrogen-bond acceptors (Lipinski definition) is 3. The second-order valence-corrected chi connectivity index (χ2v) is 5.42. The van der Waals surface area contributed by atoms with Crippen molar-refractivity contribution in [3.05, 3.63) is 35.4 Å². The SMILES string of the molecule is CCOC(=O)C1CCN(C(=O)c2cccc(CCl)c2)CC1. The van der Waals surface area contributed by atoms with Crippen LogP contribution in [-0.4, -0.2) is 36.5 Å². The van der Waals surface area contributed by atoms with E-state index in [4.69, 9.17) is 16.3 Å².